The van der Waals surface area contributed by atoms with Crippen LogP contribution in [-0.4, -0.2) is 23.2 Å². The first-order valence-electron chi connectivity index (χ1n) is 3.12. The summed E-state index contributed by atoms with van der Waals surface area (Å²) in [6.07, 6.45) is 2.90. The fraction of sp³-hybridized carbons (Fsp3) is 1.00. The van der Waals surface area contributed by atoms with Gasteiger partial charge in [0.1, 0.15) is 0 Å². The van der Waals surface area contributed by atoms with Gasteiger partial charge in [-0.2, -0.15) is 0 Å². The quantitative estimate of drug-likeness (QED) is 0.550. The predicted octanol–water partition coefficient (Wildman–Crippen LogP) is 2.08. The first-order chi connectivity index (χ1) is 3.41. The Morgan fingerprint density at radius 3 is 1.71 bits per heavy atom. The molecule has 0 aromatic rings. The first-order valence-corrected chi connectivity index (χ1v) is 8.62. The molecule has 0 aromatic heterocycles. The predicted molar refractivity (Wildman–Crippen MR) is 37.3 cm³/mol. The van der Waals surface area contributed by atoms with Gasteiger partial charge in [-0.3, -0.25) is 0 Å². The van der Waals surface area contributed by atoms with Crippen molar-refractivity contribution in [2.24, 2.45) is 0 Å². The summed E-state index contributed by atoms with van der Waals surface area (Å²) in [5.74, 6) is 0. The van der Waals surface area contributed by atoms with Gasteiger partial charge < -0.3 is 0 Å². The van der Waals surface area contributed by atoms with Gasteiger partial charge in [-0.25, -0.2) is 0 Å². The molecule has 0 rings (SSSR count). The number of hydrogen-bond acceptors (Lipinski definition) is 0. The monoisotopic (exact) mass is 296 g/mol. The molecule has 0 aromatic carbocycles. The molecule has 0 bridgehead atoms. The van der Waals surface area contributed by atoms with Gasteiger partial charge in [0.25, 0.3) is 0 Å². The van der Waals surface area contributed by atoms with Gasteiger partial charge in [-0.15, -0.1) is 0 Å². The fourth-order valence-corrected chi connectivity index (χ4v) is 4.20. The van der Waals surface area contributed by atoms with Crippen molar-refractivity contribution in [3.63, 3.8) is 0 Å². The zero-order valence-electron chi connectivity index (χ0n) is 5.33. The topological polar surface area (TPSA) is 0 Å². The molecule has 44 valence electrons. The molecule has 0 N–H and O–H groups in total. The Hall–Kier alpha value is 0.883. The van der Waals surface area contributed by atoms with Crippen LogP contribution in [-0.2, 0) is 0 Å². The molecule has 0 amide bonds. The summed E-state index contributed by atoms with van der Waals surface area (Å²) in [5, 5.41) is 0. The molecule has 0 saturated heterocycles. The van der Waals surface area contributed by atoms with E-state index >= 15 is 0 Å². The zero-order chi connectivity index (χ0) is 5.54. The molecule has 0 nitrogen and oxygen atoms in total. The maximum absolute atomic E-state index is 2.29. The summed E-state index contributed by atoms with van der Waals surface area (Å²) in [6.45, 7) is 4.59. The van der Waals surface area contributed by atoms with E-state index in [9.17, 15) is 0 Å². The van der Waals surface area contributed by atoms with Gasteiger partial charge in [0, 0.05) is 0 Å². The number of hydrogen-bond donors (Lipinski definition) is 0. The van der Waals surface area contributed by atoms with E-state index in [-0.39, 0.29) is 23.2 Å². The second-order valence-corrected chi connectivity index (χ2v) is 7.58. The fourth-order valence-electron chi connectivity index (χ4n) is 0.479. The molecule has 0 atom stereocenters. The summed E-state index contributed by atoms with van der Waals surface area (Å²) >= 11 is 0.000772. The summed E-state index contributed by atoms with van der Waals surface area (Å²) in [4.78, 5) is 0. The SMILES string of the molecule is CC[CH2][BiH][CH2]CC. The zero-order valence-corrected chi connectivity index (χ0v) is 9.22. The van der Waals surface area contributed by atoms with Crippen molar-refractivity contribution in [3.05, 3.63) is 0 Å². The van der Waals surface area contributed by atoms with Gasteiger partial charge in [0.15, 0.2) is 0 Å². The second kappa shape index (κ2) is 6.88. The normalized spacial score (nSPS) is 9.43. The van der Waals surface area contributed by atoms with Crippen LogP contribution in [0.1, 0.15) is 26.7 Å². The van der Waals surface area contributed by atoms with Crippen LogP contribution in [0.4, 0.5) is 0 Å². The van der Waals surface area contributed by atoms with Crippen LogP contribution in [0.2, 0.25) is 8.26 Å². The van der Waals surface area contributed by atoms with Gasteiger partial charge >= 0.3 is 58.2 Å². The molecule has 0 radical (unpaired) electrons. The molecule has 0 unspecified atom stereocenters. The van der Waals surface area contributed by atoms with E-state index in [0.717, 1.165) is 0 Å². The summed E-state index contributed by atoms with van der Waals surface area (Å²) in [7, 11) is 0. The molecule has 0 saturated carbocycles. The van der Waals surface area contributed by atoms with Crippen LogP contribution >= 0.6 is 0 Å². The minimum atomic E-state index is 0.000772. The van der Waals surface area contributed by atoms with Crippen molar-refractivity contribution in [3.8, 4) is 0 Å². The van der Waals surface area contributed by atoms with Crippen molar-refractivity contribution < 1.29 is 0 Å². The Morgan fingerprint density at radius 1 is 1.00 bits per heavy atom. The third-order valence-electron chi connectivity index (χ3n) is 0.854. The van der Waals surface area contributed by atoms with Gasteiger partial charge in [0.05, 0.1) is 0 Å². The van der Waals surface area contributed by atoms with Crippen molar-refractivity contribution >= 4 is 23.2 Å². The Morgan fingerprint density at radius 2 is 1.43 bits per heavy atom. The van der Waals surface area contributed by atoms with E-state index < -0.39 is 0 Å². The molecular weight excluding hydrogens is 281 g/mol. The number of rotatable bonds is 4. The van der Waals surface area contributed by atoms with Crippen molar-refractivity contribution in [2.45, 2.75) is 34.9 Å². The van der Waals surface area contributed by atoms with Gasteiger partial charge in [-0.05, 0) is 0 Å². The van der Waals surface area contributed by atoms with Crippen molar-refractivity contribution in [2.75, 3.05) is 0 Å². The molecule has 0 aliphatic heterocycles. The molecule has 0 spiro atoms. The molecule has 1 heteroatoms. The summed E-state index contributed by atoms with van der Waals surface area (Å²) in [5.41, 5.74) is 0. The second-order valence-electron chi connectivity index (χ2n) is 1.75. The third-order valence-corrected chi connectivity index (χ3v) is 7.49. The van der Waals surface area contributed by atoms with Crippen molar-refractivity contribution in [1.82, 2.24) is 0 Å². The molecule has 0 fully saturated rings. The average molecular weight is 296 g/mol. The van der Waals surface area contributed by atoms with Gasteiger partial charge in [-0.1, -0.05) is 0 Å². The summed E-state index contributed by atoms with van der Waals surface area (Å²) < 4.78 is 3.24. The maximum atomic E-state index is 2.29. The van der Waals surface area contributed by atoms with E-state index in [1.54, 1.807) is 8.26 Å². The van der Waals surface area contributed by atoms with E-state index in [0.29, 0.717) is 0 Å². The van der Waals surface area contributed by atoms with E-state index in [2.05, 4.69) is 13.8 Å². The van der Waals surface area contributed by atoms with Crippen LogP contribution < -0.4 is 0 Å². The molecule has 7 heavy (non-hydrogen) atoms. The Balaban J connectivity index is 2.45. The molecule has 0 aliphatic rings. The van der Waals surface area contributed by atoms with E-state index in [1.165, 1.54) is 12.8 Å². The van der Waals surface area contributed by atoms with Crippen LogP contribution in [0, 0.1) is 0 Å². The Bertz CT molecular complexity index is 23.4. The van der Waals surface area contributed by atoms with E-state index in [4.69, 9.17) is 0 Å². The van der Waals surface area contributed by atoms with E-state index in [1.807, 2.05) is 0 Å². The minimum absolute atomic E-state index is 0.000772. The van der Waals surface area contributed by atoms with Crippen LogP contribution in [0.3, 0.4) is 0 Å². The van der Waals surface area contributed by atoms with Crippen LogP contribution in [0.25, 0.3) is 0 Å². The Kier molecular flexibility index (Phi) is 7.75. The molecule has 0 heterocycles. The van der Waals surface area contributed by atoms with Gasteiger partial charge in [0.2, 0.25) is 0 Å². The van der Waals surface area contributed by atoms with Crippen LogP contribution in [0.5, 0.6) is 0 Å². The van der Waals surface area contributed by atoms with Crippen LogP contribution in [0.15, 0.2) is 0 Å². The standard InChI is InChI=1S/2C3H7.Bi.H/c2*1-3-2;;/h2*1,3H2,2H3;;. The van der Waals surface area contributed by atoms with Crippen molar-refractivity contribution in [1.29, 1.82) is 0 Å². The Labute approximate surface area is 58.3 Å². The first kappa shape index (κ1) is 7.88. The molecular formula is C6H15Bi. The third kappa shape index (κ3) is 6.88. The average Bonchev–Trinajstić information content (AvgIpc) is 1.69. The molecule has 0 aliphatic carbocycles. The summed E-state index contributed by atoms with van der Waals surface area (Å²) in [6, 6.07) is 0.